The van der Waals surface area contributed by atoms with Crippen LogP contribution in [0.1, 0.15) is 35.3 Å². The minimum Gasteiger partial charge on any atom is -0.505 e. The van der Waals surface area contributed by atoms with Crippen molar-refractivity contribution in [1.29, 1.82) is 5.41 Å². The quantitative estimate of drug-likeness (QED) is 0.326. The number of carbonyl (C=O) groups excluding carboxylic acids is 1. The molecule has 0 saturated heterocycles. The molecule has 8 nitrogen and oxygen atoms in total. The summed E-state index contributed by atoms with van der Waals surface area (Å²) < 4.78 is 13.9. The van der Waals surface area contributed by atoms with Gasteiger partial charge in [0.05, 0.1) is 24.5 Å². The molecule has 6 N–H and O–H groups in total. The second kappa shape index (κ2) is 7.75. The van der Waals surface area contributed by atoms with Gasteiger partial charge in [-0.2, -0.15) is 0 Å². The lowest BCUT2D eigenvalue weighted by Gasteiger charge is -2.14. The van der Waals surface area contributed by atoms with Crippen LogP contribution in [-0.4, -0.2) is 38.8 Å². The van der Waals surface area contributed by atoms with Crippen molar-refractivity contribution < 1.29 is 14.3 Å². The van der Waals surface area contributed by atoms with E-state index in [1.807, 2.05) is 6.92 Å². The molecule has 0 fully saturated rings. The predicted molar refractivity (Wildman–Crippen MR) is 116 cm³/mol. The van der Waals surface area contributed by atoms with Crippen LogP contribution >= 0.6 is 0 Å². The summed E-state index contributed by atoms with van der Waals surface area (Å²) in [6, 6.07) is 7.71. The molecule has 0 unspecified atom stereocenters. The Morgan fingerprint density at radius 2 is 2.13 bits per heavy atom. The molecule has 4 rings (SSSR count). The first-order chi connectivity index (χ1) is 14.8. The Labute approximate surface area is 178 Å². The molecule has 31 heavy (non-hydrogen) atoms. The van der Waals surface area contributed by atoms with Crippen molar-refractivity contribution in [2.75, 3.05) is 12.8 Å². The number of urea groups is 1. The average Bonchev–Trinajstić information content (AvgIpc) is 3.33. The maximum Gasteiger partial charge on any atom is 0.317 e. The van der Waals surface area contributed by atoms with E-state index in [0.717, 1.165) is 17.0 Å². The lowest BCUT2D eigenvalue weighted by Crippen LogP contribution is -2.34. The topological polar surface area (TPSA) is 131 Å². The SMILES string of the molecule is CCc1cc(O)c(F)cc1-c1ccc(C(=N)c2nc3c([nH]2)CN(C(=O)NC)C3)c(N)c1. The van der Waals surface area contributed by atoms with Gasteiger partial charge in [0.1, 0.15) is 5.71 Å². The fourth-order valence-electron chi connectivity index (χ4n) is 3.81. The predicted octanol–water partition coefficient (Wildman–Crippen LogP) is 3.14. The average molecular weight is 422 g/mol. The zero-order valence-corrected chi connectivity index (χ0v) is 17.2. The molecule has 1 aliphatic rings. The standard InChI is InChI=1S/C22H23FN6O2/c1-3-11-7-19(30)15(23)8-14(11)12-4-5-13(16(24)6-12)20(25)21-27-17-9-29(22(31)26-2)10-18(17)28-21/h4-8,25,30H,3,9-10,24H2,1-2H3,(H,26,31)(H,27,28). The number of rotatable bonds is 4. The first kappa shape index (κ1) is 20.4. The van der Waals surface area contributed by atoms with E-state index >= 15 is 0 Å². The van der Waals surface area contributed by atoms with Crippen LogP contribution in [0.2, 0.25) is 0 Å². The van der Waals surface area contributed by atoms with E-state index in [1.165, 1.54) is 12.1 Å². The number of H-pyrrole nitrogens is 1. The zero-order chi connectivity index (χ0) is 22.3. The Balaban J connectivity index is 1.61. The molecule has 0 bridgehead atoms. The van der Waals surface area contributed by atoms with E-state index in [9.17, 15) is 14.3 Å². The molecule has 1 aliphatic heterocycles. The number of hydrogen-bond acceptors (Lipinski definition) is 5. The first-order valence-corrected chi connectivity index (χ1v) is 9.87. The summed E-state index contributed by atoms with van der Waals surface area (Å²) in [4.78, 5) is 21.0. The second-order valence-corrected chi connectivity index (χ2v) is 7.41. The Morgan fingerprint density at radius 3 is 2.77 bits per heavy atom. The third kappa shape index (κ3) is 3.58. The summed E-state index contributed by atoms with van der Waals surface area (Å²) in [6.45, 7) is 2.69. The van der Waals surface area contributed by atoms with Gasteiger partial charge in [-0.05, 0) is 41.3 Å². The fraction of sp³-hybridized carbons (Fsp3) is 0.227. The van der Waals surface area contributed by atoms with Crippen LogP contribution in [0.5, 0.6) is 5.75 Å². The molecule has 9 heteroatoms. The molecule has 0 spiro atoms. The third-order valence-corrected chi connectivity index (χ3v) is 5.48. The van der Waals surface area contributed by atoms with Gasteiger partial charge in [0.25, 0.3) is 0 Å². The number of hydrogen-bond donors (Lipinski definition) is 5. The van der Waals surface area contributed by atoms with Gasteiger partial charge in [-0.1, -0.05) is 19.1 Å². The zero-order valence-electron chi connectivity index (χ0n) is 17.2. The van der Waals surface area contributed by atoms with E-state index in [2.05, 4.69) is 15.3 Å². The summed E-state index contributed by atoms with van der Waals surface area (Å²) in [5.74, 6) is -0.697. The van der Waals surface area contributed by atoms with Crippen LogP contribution in [0.25, 0.3) is 11.1 Å². The number of amides is 2. The number of imidazole rings is 1. The van der Waals surface area contributed by atoms with Crippen LogP contribution in [0.15, 0.2) is 30.3 Å². The number of nitrogen functional groups attached to an aromatic ring is 1. The monoisotopic (exact) mass is 422 g/mol. The molecule has 1 aromatic heterocycles. The number of nitrogens with two attached hydrogens (primary N) is 1. The van der Waals surface area contributed by atoms with E-state index in [4.69, 9.17) is 11.1 Å². The minimum absolute atomic E-state index is 0.137. The van der Waals surface area contributed by atoms with Crippen molar-refractivity contribution in [2.24, 2.45) is 0 Å². The van der Waals surface area contributed by atoms with Crippen molar-refractivity contribution in [1.82, 2.24) is 20.2 Å². The van der Waals surface area contributed by atoms with Crippen molar-refractivity contribution in [3.63, 3.8) is 0 Å². The molecular weight excluding hydrogens is 399 g/mol. The summed E-state index contributed by atoms with van der Waals surface area (Å²) in [5.41, 5.74) is 10.9. The molecular formula is C22H23FN6O2. The number of benzene rings is 2. The smallest absolute Gasteiger partial charge is 0.317 e. The maximum atomic E-state index is 13.9. The number of anilines is 1. The van der Waals surface area contributed by atoms with Crippen LogP contribution in [0.3, 0.4) is 0 Å². The van der Waals surface area contributed by atoms with Crippen molar-refractivity contribution in [3.05, 3.63) is 64.5 Å². The summed E-state index contributed by atoms with van der Waals surface area (Å²) in [7, 11) is 1.58. The van der Waals surface area contributed by atoms with Crippen LogP contribution < -0.4 is 11.1 Å². The lowest BCUT2D eigenvalue weighted by molar-refractivity contribution is 0.200. The summed E-state index contributed by atoms with van der Waals surface area (Å²) in [6.07, 6.45) is 0.617. The molecule has 3 aromatic rings. The second-order valence-electron chi connectivity index (χ2n) is 7.41. The number of nitrogens with zero attached hydrogens (tertiary/aromatic N) is 2. The molecule has 2 amide bonds. The van der Waals surface area contributed by atoms with Gasteiger partial charge >= 0.3 is 6.03 Å². The van der Waals surface area contributed by atoms with Gasteiger partial charge < -0.3 is 26.0 Å². The molecule has 0 atom stereocenters. The van der Waals surface area contributed by atoms with Crippen LogP contribution in [-0.2, 0) is 19.5 Å². The largest absolute Gasteiger partial charge is 0.505 e. The lowest BCUT2D eigenvalue weighted by atomic mass is 9.95. The number of aromatic amines is 1. The molecule has 0 saturated carbocycles. The number of nitrogens with one attached hydrogen (secondary N) is 3. The van der Waals surface area contributed by atoms with Gasteiger partial charge in [-0.25, -0.2) is 14.2 Å². The molecule has 0 radical (unpaired) electrons. The minimum atomic E-state index is -0.696. The van der Waals surface area contributed by atoms with Crippen molar-refractivity contribution >= 4 is 17.4 Å². The van der Waals surface area contributed by atoms with E-state index < -0.39 is 5.82 Å². The Morgan fingerprint density at radius 1 is 1.35 bits per heavy atom. The highest BCUT2D eigenvalue weighted by Gasteiger charge is 2.27. The van der Waals surface area contributed by atoms with Gasteiger partial charge in [0.2, 0.25) is 0 Å². The molecule has 2 heterocycles. The van der Waals surface area contributed by atoms with Crippen LogP contribution in [0, 0.1) is 11.2 Å². The third-order valence-electron chi connectivity index (χ3n) is 5.48. The number of aryl methyl sites for hydroxylation is 1. The first-order valence-electron chi connectivity index (χ1n) is 9.87. The van der Waals surface area contributed by atoms with Crippen molar-refractivity contribution in [3.8, 4) is 16.9 Å². The van der Waals surface area contributed by atoms with E-state index in [-0.39, 0.29) is 17.5 Å². The van der Waals surface area contributed by atoms with Crippen LogP contribution in [0.4, 0.5) is 14.9 Å². The normalized spacial score (nSPS) is 12.7. The Bertz CT molecular complexity index is 1180. The summed E-state index contributed by atoms with van der Waals surface area (Å²) in [5, 5.41) is 20.8. The number of phenols is 1. The highest BCUT2D eigenvalue weighted by molar-refractivity contribution is 6.12. The van der Waals surface area contributed by atoms with Crippen molar-refractivity contribution in [2.45, 2.75) is 26.4 Å². The molecule has 2 aromatic carbocycles. The van der Waals surface area contributed by atoms with E-state index in [1.54, 1.807) is 30.1 Å². The van der Waals surface area contributed by atoms with Gasteiger partial charge in [0, 0.05) is 18.3 Å². The van der Waals surface area contributed by atoms with Gasteiger partial charge in [0.15, 0.2) is 17.4 Å². The number of carbonyl (C=O) groups is 1. The number of halogens is 1. The number of fused-ring (bicyclic) bond motifs is 1. The van der Waals surface area contributed by atoms with E-state index in [0.29, 0.717) is 47.7 Å². The fourth-order valence-corrected chi connectivity index (χ4v) is 3.81. The highest BCUT2D eigenvalue weighted by atomic mass is 19.1. The number of aromatic nitrogens is 2. The van der Waals surface area contributed by atoms with Gasteiger partial charge in [-0.3, -0.25) is 5.41 Å². The Kier molecular flexibility index (Phi) is 5.10. The maximum absolute atomic E-state index is 13.9. The molecule has 0 aliphatic carbocycles. The number of aromatic hydroxyl groups is 1. The summed E-state index contributed by atoms with van der Waals surface area (Å²) >= 11 is 0. The molecule has 160 valence electrons. The highest BCUT2D eigenvalue weighted by Crippen LogP contribution is 2.32. The van der Waals surface area contributed by atoms with Gasteiger partial charge in [-0.15, -0.1) is 0 Å². The number of phenolic OH excluding ortho intramolecular Hbond substituents is 1. The Hall–Kier alpha value is -3.88.